The normalized spacial score (nSPS) is 22.5. The van der Waals surface area contributed by atoms with Gasteiger partial charge in [0.05, 0.1) is 5.56 Å². The number of benzene rings is 2. The van der Waals surface area contributed by atoms with Crippen molar-refractivity contribution in [2.45, 2.75) is 38.7 Å². The van der Waals surface area contributed by atoms with E-state index in [1.165, 1.54) is 0 Å². The first-order valence-corrected chi connectivity index (χ1v) is 8.56. The van der Waals surface area contributed by atoms with E-state index in [0.29, 0.717) is 24.8 Å². The number of hydrogen-bond donors (Lipinski definition) is 1. The van der Waals surface area contributed by atoms with Crippen LogP contribution >= 0.6 is 0 Å². The van der Waals surface area contributed by atoms with Crippen molar-refractivity contribution in [1.29, 1.82) is 0 Å². The van der Waals surface area contributed by atoms with E-state index in [2.05, 4.69) is 0 Å². The fraction of sp³-hybridized carbons (Fsp3) is 0.333. The lowest BCUT2D eigenvalue weighted by Crippen LogP contribution is -2.42. The van der Waals surface area contributed by atoms with Crippen molar-refractivity contribution in [3.05, 3.63) is 71.3 Å². The van der Waals surface area contributed by atoms with Crippen LogP contribution in [0.1, 0.15) is 40.7 Å². The third kappa shape index (κ3) is 3.58. The molecule has 0 saturated heterocycles. The van der Waals surface area contributed by atoms with Crippen molar-refractivity contribution in [1.82, 2.24) is 0 Å². The van der Waals surface area contributed by atoms with Crippen LogP contribution in [0.25, 0.3) is 0 Å². The Labute approximate surface area is 147 Å². The average molecular weight is 338 g/mol. The smallest absolute Gasteiger partial charge is 0.338 e. The lowest BCUT2D eigenvalue weighted by molar-refractivity contribution is -0.154. The van der Waals surface area contributed by atoms with Gasteiger partial charge in [-0.25, -0.2) is 4.79 Å². The minimum Gasteiger partial charge on any atom is -0.481 e. The van der Waals surface area contributed by atoms with Crippen LogP contribution in [0.4, 0.5) is 0 Å². The molecular weight excluding hydrogens is 316 g/mol. The van der Waals surface area contributed by atoms with Crippen LogP contribution in [0.3, 0.4) is 0 Å². The highest BCUT2D eigenvalue weighted by atomic mass is 16.5. The van der Waals surface area contributed by atoms with Gasteiger partial charge in [-0.05, 0) is 50.3 Å². The second-order valence-electron chi connectivity index (χ2n) is 6.78. The zero-order valence-electron chi connectivity index (χ0n) is 14.3. The Morgan fingerprint density at radius 3 is 2.44 bits per heavy atom. The van der Waals surface area contributed by atoms with Gasteiger partial charge in [0.2, 0.25) is 0 Å². The highest BCUT2D eigenvalue weighted by Gasteiger charge is 2.51. The number of rotatable bonds is 5. The van der Waals surface area contributed by atoms with Crippen LogP contribution < -0.4 is 0 Å². The van der Waals surface area contributed by atoms with E-state index in [0.717, 1.165) is 17.5 Å². The summed E-state index contributed by atoms with van der Waals surface area (Å²) in [6.45, 7) is 2.00. The van der Waals surface area contributed by atoms with E-state index in [9.17, 15) is 14.7 Å². The van der Waals surface area contributed by atoms with Crippen LogP contribution in [0.2, 0.25) is 0 Å². The number of carbonyl (C=O) groups excluding carboxylic acids is 1. The van der Waals surface area contributed by atoms with Gasteiger partial charge in [0.15, 0.2) is 0 Å². The third-order valence-electron chi connectivity index (χ3n) is 5.03. The van der Waals surface area contributed by atoms with Gasteiger partial charge in [-0.15, -0.1) is 0 Å². The van der Waals surface area contributed by atoms with Crippen LogP contribution in [-0.2, 0) is 16.0 Å². The molecule has 0 spiro atoms. The molecule has 0 aliphatic heterocycles. The fourth-order valence-corrected chi connectivity index (χ4v) is 3.58. The van der Waals surface area contributed by atoms with Crippen molar-refractivity contribution in [3.8, 4) is 0 Å². The molecule has 0 bridgehead atoms. The van der Waals surface area contributed by atoms with Gasteiger partial charge in [0.25, 0.3) is 0 Å². The Kier molecular flexibility index (Phi) is 4.88. The molecule has 1 aliphatic carbocycles. The molecule has 4 heteroatoms. The summed E-state index contributed by atoms with van der Waals surface area (Å²) in [5.41, 5.74) is 1.48. The molecule has 0 heterocycles. The first-order valence-electron chi connectivity index (χ1n) is 8.56. The van der Waals surface area contributed by atoms with E-state index < -0.39 is 23.5 Å². The number of ether oxygens (including phenoxy) is 1. The Morgan fingerprint density at radius 1 is 1.12 bits per heavy atom. The number of esters is 1. The predicted molar refractivity (Wildman–Crippen MR) is 94.4 cm³/mol. The molecule has 25 heavy (non-hydrogen) atoms. The second-order valence-corrected chi connectivity index (χ2v) is 6.78. The van der Waals surface area contributed by atoms with Crippen molar-refractivity contribution in [2.75, 3.05) is 0 Å². The molecule has 4 nitrogen and oxygen atoms in total. The molecular formula is C21H22O4. The topological polar surface area (TPSA) is 63.6 Å². The Hall–Kier alpha value is -2.62. The summed E-state index contributed by atoms with van der Waals surface area (Å²) in [4.78, 5) is 24.5. The van der Waals surface area contributed by atoms with E-state index in [1.807, 2.05) is 37.3 Å². The van der Waals surface area contributed by atoms with Crippen molar-refractivity contribution >= 4 is 11.9 Å². The maximum atomic E-state index is 12.4. The highest BCUT2D eigenvalue weighted by molar-refractivity contribution is 5.90. The molecule has 1 saturated carbocycles. The lowest BCUT2D eigenvalue weighted by atomic mass is 9.78. The zero-order valence-corrected chi connectivity index (χ0v) is 14.3. The number of aryl methyl sites for hydroxylation is 1. The van der Waals surface area contributed by atoms with E-state index in [-0.39, 0.29) is 0 Å². The molecule has 1 fully saturated rings. The minimum absolute atomic E-state index is 0.370. The quantitative estimate of drug-likeness (QED) is 0.837. The molecule has 2 unspecified atom stereocenters. The molecule has 130 valence electrons. The first-order chi connectivity index (χ1) is 12.0. The number of carbonyl (C=O) groups is 2. The highest BCUT2D eigenvalue weighted by Crippen LogP contribution is 2.43. The minimum atomic E-state index is -1.06. The maximum absolute atomic E-state index is 12.4. The van der Waals surface area contributed by atoms with Crippen LogP contribution in [-0.4, -0.2) is 23.1 Å². The number of aliphatic carboxylic acids is 1. The Balaban J connectivity index is 1.83. The second kappa shape index (κ2) is 7.09. The summed E-state index contributed by atoms with van der Waals surface area (Å²) in [6, 6.07) is 16.6. The largest absolute Gasteiger partial charge is 0.481 e. The predicted octanol–water partition coefficient (Wildman–Crippen LogP) is 4.02. The summed E-state index contributed by atoms with van der Waals surface area (Å²) in [6.07, 6.45) is 1.60. The molecule has 0 radical (unpaired) electrons. The molecule has 1 aliphatic rings. The van der Waals surface area contributed by atoms with Gasteiger partial charge in [0.1, 0.15) is 11.5 Å². The number of hydrogen-bond acceptors (Lipinski definition) is 3. The fourth-order valence-electron chi connectivity index (χ4n) is 3.58. The van der Waals surface area contributed by atoms with Gasteiger partial charge < -0.3 is 9.84 Å². The monoisotopic (exact) mass is 338 g/mol. The summed E-state index contributed by atoms with van der Waals surface area (Å²) >= 11 is 0. The Bertz CT molecular complexity index is 751. The van der Waals surface area contributed by atoms with Gasteiger partial charge in [0, 0.05) is 0 Å². The summed E-state index contributed by atoms with van der Waals surface area (Å²) in [5.74, 6) is -1.35. The average Bonchev–Trinajstić information content (AvgIpc) is 3.01. The molecule has 2 aromatic carbocycles. The molecule has 0 amide bonds. The summed E-state index contributed by atoms with van der Waals surface area (Å²) in [5, 5.41) is 9.94. The molecule has 2 atom stereocenters. The standard InChI is InChI=1S/C21H22O4/c1-15-9-11-16(12-10-15)14-21(20(23)24)13-5-8-18(21)25-19(22)17-6-3-2-4-7-17/h2-4,6-7,9-12,18H,5,8,13-14H2,1H3,(H,23,24). The number of carboxylic acid groups (broad SMARTS) is 1. The molecule has 0 aromatic heterocycles. The van der Waals surface area contributed by atoms with E-state index in [4.69, 9.17) is 4.74 Å². The zero-order chi connectivity index (χ0) is 17.9. The SMILES string of the molecule is Cc1ccc(CC2(C(=O)O)CCCC2OC(=O)c2ccccc2)cc1. The third-order valence-corrected chi connectivity index (χ3v) is 5.03. The van der Waals surface area contributed by atoms with Gasteiger partial charge in [-0.1, -0.05) is 48.0 Å². The van der Waals surface area contributed by atoms with Gasteiger partial charge >= 0.3 is 11.9 Å². The Morgan fingerprint density at radius 2 is 1.80 bits per heavy atom. The maximum Gasteiger partial charge on any atom is 0.338 e. The number of carboxylic acids is 1. The van der Waals surface area contributed by atoms with Crippen LogP contribution in [0.15, 0.2) is 54.6 Å². The van der Waals surface area contributed by atoms with Gasteiger partial charge in [-0.2, -0.15) is 0 Å². The van der Waals surface area contributed by atoms with E-state index >= 15 is 0 Å². The van der Waals surface area contributed by atoms with Crippen LogP contribution in [0.5, 0.6) is 0 Å². The summed E-state index contributed by atoms with van der Waals surface area (Å²) in [7, 11) is 0. The summed E-state index contributed by atoms with van der Waals surface area (Å²) < 4.78 is 5.65. The van der Waals surface area contributed by atoms with Crippen molar-refractivity contribution < 1.29 is 19.4 Å². The van der Waals surface area contributed by atoms with Gasteiger partial charge in [-0.3, -0.25) is 4.79 Å². The first kappa shape index (κ1) is 17.2. The lowest BCUT2D eigenvalue weighted by Gasteiger charge is -2.31. The van der Waals surface area contributed by atoms with Crippen LogP contribution in [0, 0.1) is 12.3 Å². The molecule has 3 rings (SSSR count). The molecule has 2 aromatic rings. The van der Waals surface area contributed by atoms with Crippen molar-refractivity contribution in [3.63, 3.8) is 0 Å². The molecule has 1 N–H and O–H groups in total. The van der Waals surface area contributed by atoms with Crippen molar-refractivity contribution in [2.24, 2.45) is 5.41 Å². The van der Waals surface area contributed by atoms with E-state index in [1.54, 1.807) is 24.3 Å².